The van der Waals surface area contributed by atoms with Gasteiger partial charge in [0.15, 0.2) is 6.04 Å². The Morgan fingerprint density at radius 2 is 2.11 bits per heavy atom. The van der Waals surface area contributed by atoms with E-state index in [0.29, 0.717) is 25.6 Å². The predicted octanol–water partition coefficient (Wildman–Crippen LogP) is 3.28. The van der Waals surface area contributed by atoms with Crippen molar-refractivity contribution in [3.05, 3.63) is 10.4 Å². The minimum atomic E-state index is -0.781. The molecule has 0 aromatic carbocycles. The van der Waals surface area contributed by atoms with E-state index in [2.05, 4.69) is 10.0 Å². The lowest BCUT2D eigenvalue weighted by atomic mass is 9.87. The molecule has 2 aliphatic rings. The molecule has 0 aliphatic carbocycles. The lowest BCUT2D eigenvalue weighted by Gasteiger charge is -2.28. The van der Waals surface area contributed by atoms with Crippen molar-refractivity contribution in [2.75, 3.05) is 26.8 Å². The molecule has 0 radical (unpaired) electrons. The number of rotatable bonds is 5. The first-order valence-electron chi connectivity index (χ1n) is 9.46. The van der Waals surface area contributed by atoms with Gasteiger partial charge in [0.2, 0.25) is 0 Å². The van der Waals surface area contributed by atoms with E-state index in [0.717, 1.165) is 25.7 Å². The van der Waals surface area contributed by atoms with Crippen LogP contribution in [0.4, 0.5) is 4.79 Å². The molecule has 152 valence electrons. The lowest BCUT2D eigenvalue weighted by Crippen LogP contribution is -2.48. The topological polar surface area (TPSA) is 114 Å². The van der Waals surface area contributed by atoms with Gasteiger partial charge in [0, 0.05) is 30.5 Å². The molecule has 9 heteroatoms. The number of nitrogens with zero attached hydrogens (tertiary/aromatic N) is 4. The van der Waals surface area contributed by atoms with Crippen LogP contribution >= 0.6 is 0 Å². The second-order valence-electron chi connectivity index (χ2n) is 8.18. The van der Waals surface area contributed by atoms with E-state index in [9.17, 15) is 9.59 Å². The number of ether oxygens (including phenoxy) is 3. The molecular weight excluding hydrogens is 352 g/mol. The molecular formula is C18H30N4O5. The second-order valence-corrected chi connectivity index (χ2v) is 8.18. The van der Waals surface area contributed by atoms with E-state index in [1.807, 2.05) is 0 Å². The van der Waals surface area contributed by atoms with Gasteiger partial charge in [0.25, 0.3) is 0 Å². The summed E-state index contributed by atoms with van der Waals surface area (Å²) in [4.78, 5) is 29.3. The molecule has 0 aromatic rings. The smallest absolute Gasteiger partial charge is 0.411 e. The second kappa shape index (κ2) is 9.28. The molecule has 4 atom stereocenters. The number of hydrogen-bond donors (Lipinski definition) is 0. The average Bonchev–Trinajstić information content (AvgIpc) is 2.83. The molecule has 0 N–H and O–H groups in total. The normalized spacial score (nSPS) is 27.9. The molecule has 0 bridgehead atoms. The molecule has 0 unspecified atom stereocenters. The first kappa shape index (κ1) is 21.3. The molecule has 2 heterocycles. The highest BCUT2D eigenvalue weighted by Crippen LogP contribution is 2.37. The highest BCUT2D eigenvalue weighted by molar-refractivity contribution is 5.83. The van der Waals surface area contributed by atoms with Gasteiger partial charge in [-0.15, -0.1) is 0 Å². The molecule has 2 aliphatic heterocycles. The maximum atomic E-state index is 12.6. The fourth-order valence-corrected chi connectivity index (χ4v) is 3.91. The van der Waals surface area contributed by atoms with E-state index < -0.39 is 23.7 Å². The summed E-state index contributed by atoms with van der Waals surface area (Å²) < 4.78 is 16.4. The third kappa shape index (κ3) is 5.74. The zero-order valence-electron chi connectivity index (χ0n) is 16.6. The number of methoxy groups -OCH3 is 1. The highest BCUT2D eigenvalue weighted by Gasteiger charge is 2.51. The first-order chi connectivity index (χ1) is 12.8. The van der Waals surface area contributed by atoms with Crippen molar-refractivity contribution in [1.29, 1.82) is 0 Å². The number of carbonyl (C=O) groups excluding carboxylic acids is 2. The monoisotopic (exact) mass is 382 g/mol. The van der Waals surface area contributed by atoms with Crippen molar-refractivity contribution < 1.29 is 23.8 Å². The zero-order valence-corrected chi connectivity index (χ0v) is 16.6. The Hall–Kier alpha value is -1.99. The number of carbonyl (C=O) groups is 2. The van der Waals surface area contributed by atoms with Crippen molar-refractivity contribution in [1.82, 2.24) is 4.90 Å². The largest absolute Gasteiger partial charge is 0.467 e. The fourth-order valence-electron chi connectivity index (χ4n) is 3.91. The van der Waals surface area contributed by atoms with Gasteiger partial charge in [0.05, 0.1) is 13.2 Å². The quantitative estimate of drug-likeness (QED) is 0.238. The third-order valence-electron chi connectivity index (χ3n) is 5.02. The summed E-state index contributed by atoms with van der Waals surface area (Å²) in [5.41, 5.74) is 7.74. The van der Waals surface area contributed by atoms with Crippen molar-refractivity contribution in [2.45, 2.75) is 64.2 Å². The van der Waals surface area contributed by atoms with Crippen LogP contribution in [0, 0.1) is 11.8 Å². The standard InChI is InChI=1S/C18H30N4O5/c1-18(2,3)27-17(24)22-11-13-10-12(6-5-8-20-21-19)7-9-26-15(13)14(22)16(23)25-4/h12-15H,5-11H2,1-4H3/t12-,13+,14+,15-/m1/s1. The van der Waals surface area contributed by atoms with Crippen LogP contribution in [0.5, 0.6) is 0 Å². The minimum Gasteiger partial charge on any atom is -0.467 e. The van der Waals surface area contributed by atoms with E-state index in [4.69, 9.17) is 19.7 Å². The van der Waals surface area contributed by atoms with Crippen LogP contribution in [-0.4, -0.2) is 61.5 Å². The highest BCUT2D eigenvalue weighted by atomic mass is 16.6. The summed E-state index contributed by atoms with van der Waals surface area (Å²) >= 11 is 0. The Bertz CT molecular complexity index is 585. The SMILES string of the molecule is COC(=O)[C@@H]1[C@@H]2OCC[C@@H](CCCN=[N+]=[N-])C[C@H]2CN1C(=O)OC(C)(C)C. The zero-order chi connectivity index (χ0) is 20.0. The summed E-state index contributed by atoms with van der Waals surface area (Å²) in [5.74, 6) is -0.0190. The van der Waals surface area contributed by atoms with E-state index >= 15 is 0 Å². The van der Waals surface area contributed by atoms with Crippen molar-refractivity contribution in [3.8, 4) is 0 Å². The van der Waals surface area contributed by atoms with Gasteiger partial charge in [-0.05, 0) is 51.5 Å². The molecule has 1 amide bonds. The number of esters is 1. The minimum absolute atomic E-state index is 0.0496. The fraction of sp³-hybridized carbons (Fsp3) is 0.889. The summed E-state index contributed by atoms with van der Waals surface area (Å²) in [6, 6.07) is -0.781. The third-order valence-corrected chi connectivity index (χ3v) is 5.02. The number of amides is 1. The molecule has 0 aromatic heterocycles. The van der Waals surface area contributed by atoms with Gasteiger partial charge in [-0.25, -0.2) is 9.59 Å². The van der Waals surface area contributed by atoms with Crippen LogP contribution in [0.25, 0.3) is 10.4 Å². The molecule has 9 nitrogen and oxygen atoms in total. The number of fused-ring (bicyclic) bond motifs is 1. The van der Waals surface area contributed by atoms with Gasteiger partial charge in [-0.2, -0.15) is 0 Å². The van der Waals surface area contributed by atoms with E-state index in [1.165, 1.54) is 12.0 Å². The summed E-state index contributed by atoms with van der Waals surface area (Å²) in [5, 5.41) is 3.58. The van der Waals surface area contributed by atoms with Crippen LogP contribution in [-0.2, 0) is 19.0 Å². The summed E-state index contributed by atoms with van der Waals surface area (Å²) in [6.07, 6.45) is 2.60. The van der Waals surface area contributed by atoms with Gasteiger partial charge in [0.1, 0.15) is 5.60 Å². The van der Waals surface area contributed by atoms with Gasteiger partial charge < -0.3 is 14.2 Å². The molecule has 2 saturated heterocycles. The first-order valence-corrected chi connectivity index (χ1v) is 9.46. The van der Waals surface area contributed by atoms with Crippen molar-refractivity contribution in [2.24, 2.45) is 17.0 Å². The Balaban J connectivity index is 2.10. The van der Waals surface area contributed by atoms with Crippen LogP contribution in [0.2, 0.25) is 0 Å². The number of likely N-dealkylation sites (tertiary alicyclic amines) is 1. The predicted molar refractivity (Wildman–Crippen MR) is 97.9 cm³/mol. The van der Waals surface area contributed by atoms with E-state index in [1.54, 1.807) is 20.8 Å². The van der Waals surface area contributed by atoms with Crippen molar-refractivity contribution >= 4 is 12.1 Å². The van der Waals surface area contributed by atoms with Gasteiger partial charge >= 0.3 is 12.1 Å². The van der Waals surface area contributed by atoms with Crippen LogP contribution in [0.15, 0.2) is 5.11 Å². The number of azide groups is 1. The molecule has 2 fully saturated rings. The Labute approximate surface area is 159 Å². The summed E-state index contributed by atoms with van der Waals surface area (Å²) in [7, 11) is 1.32. The molecule has 27 heavy (non-hydrogen) atoms. The Kier molecular flexibility index (Phi) is 7.33. The Morgan fingerprint density at radius 1 is 1.37 bits per heavy atom. The summed E-state index contributed by atoms with van der Waals surface area (Å²) in [6.45, 7) is 6.80. The maximum Gasteiger partial charge on any atom is 0.411 e. The molecule has 0 spiro atoms. The van der Waals surface area contributed by atoms with E-state index in [-0.39, 0.29) is 12.0 Å². The number of hydrogen-bond acceptors (Lipinski definition) is 6. The maximum absolute atomic E-state index is 12.6. The van der Waals surface area contributed by atoms with Crippen LogP contribution < -0.4 is 0 Å². The van der Waals surface area contributed by atoms with Gasteiger partial charge in [-0.1, -0.05) is 11.5 Å². The van der Waals surface area contributed by atoms with Crippen LogP contribution in [0.3, 0.4) is 0 Å². The molecule has 0 saturated carbocycles. The molecule has 2 rings (SSSR count). The van der Waals surface area contributed by atoms with Crippen LogP contribution in [0.1, 0.15) is 46.5 Å². The van der Waals surface area contributed by atoms with Gasteiger partial charge in [-0.3, -0.25) is 4.90 Å². The lowest BCUT2D eigenvalue weighted by molar-refractivity contribution is -0.150. The average molecular weight is 382 g/mol. The van der Waals surface area contributed by atoms with Crippen molar-refractivity contribution in [3.63, 3.8) is 0 Å². The Morgan fingerprint density at radius 3 is 2.74 bits per heavy atom.